The lowest BCUT2D eigenvalue weighted by molar-refractivity contribution is -0.384. The second-order valence-electron chi connectivity index (χ2n) is 5.70. The zero-order chi connectivity index (χ0) is 20.7. The highest BCUT2D eigenvalue weighted by atomic mass is 32.2. The molecule has 0 radical (unpaired) electrons. The van der Waals surface area contributed by atoms with E-state index in [4.69, 9.17) is 9.47 Å². The molecule has 0 aliphatic rings. The molecular weight excluding hydrogens is 390 g/mol. The Balaban J connectivity index is 2.11. The van der Waals surface area contributed by atoms with Gasteiger partial charge in [-0.15, -0.1) is 5.10 Å². The summed E-state index contributed by atoms with van der Waals surface area (Å²) < 4.78 is 11.5. The summed E-state index contributed by atoms with van der Waals surface area (Å²) in [5.41, 5.74) is -0.351. The molecule has 152 valence electrons. The fraction of sp³-hybridized carbons (Fsp3) is 0.438. The zero-order valence-electron chi connectivity index (χ0n) is 15.6. The number of hydrogen-bond donors (Lipinski definition) is 2. The van der Waals surface area contributed by atoms with Crippen LogP contribution in [0.25, 0.3) is 0 Å². The molecular formula is C16H21N5O6S. The Morgan fingerprint density at radius 3 is 2.86 bits per heavy atom. The lowest BCUT2D eigenvalue weighted by Gasteiger charge is -2.14. The standard InChI is InChI=1S/C16H21N5O6S/c1-10(28-16-19-18-15(23)20(16)7-4-8-26-2)14(22)17-12-9-11(21(24)25)5-6-13(12)27-3/h5-6,9-10H,4,7-8H2,1-3H3,(H,17,22)(H,18,23). The number of rotatable bonds is 10. The fourth-order valence-electron chi connectivity index (χ4n) is 2.31. The maximum absolute atomic E-state index is 12.5. The van der Waals surface area contributed by atoms with Gasteiger partial charge in [0.05, 0.1) is 23.0 Å². The van der Waals surface area contributed by atoms with Gasteiger partial charge in [-0.25, -0.2) is 9.89 Å². The summed E-state index contributed by atoms with van der Waals surface area (Å²) >= 11 is 1.09. The van der Waals surface area contributed by atoms with E-state index in [1.165, 1.54) is 29.9 Å². The van der Waals surface area contributed by atoms with Crippen molar-refractivity contribution in [1.29, 1.82) is 0 Å². The van der Waals surface area contributed by atoms with Crippen LogP contribution in [0.2, 0.25) is 0 Å². The molecule has 2 N–H and O–H groups in total. The summed E-state index contributed by atoms with van der Waals surface area (Å²) in [4.78, 5) is 34.8. The molecule has 1 amide bonds. The first kappa shape index (κ1) is 21.4. The van der Waals surface area contributed by atoms with Crippen LogP contribution in [0.1, 0.15) is 13.3 Å². The van der Waals surface area contributed by atoms with Crippen LogP contribution in [0.15, 0.2) is 28.2 Å². The number of amides is 1. The normalized spacial score (nSPS) is 11.8. The van der Waals surface area contributed by atoms with Crippen molar-refractivity contribution >= 4 is 29.0 Å². The number of thioether (sulfide) groups is 1. The molecule has 0 aliphatic carbocycles. The number of non-ortho nitro benzene ring substituents is 1. The first-order valence-corrected chi connectivity index (χ1v) is 9.19. The van der Waals surface area contributed by atoms with E-state index in [0.717, 1.165) is 11.8 Å². The van der Waals surface area contributed by atoms with E-state index in [-0.39, 0.29) is 17.1 Å². The van der Waals surface area contributed by atoms with Crippen LogP contribution in [0, 0.1) is 10.1 Å². The monoisotopic (exact) mass is 411 g/mol. The largest absolute Gasteiger partial charge is 0.495 e. The van der Waals surface area contributed by atoms with Gasteiger partial charge in [-0.2, -0.15) is 0 Å². The molecule has 1 aromatic heterocycles. The summed E-state index contributed by atoms with van der Waals surface area (Å²) in [6.45, 7) is 2.53. The van der Waals surface area contributed by atoms with Crippen molar-refractivity contribution in [3.05, 3.63) is 38.8 Å². The van der Waals surface area contributed by atoms with Gasteiger partial charge in [0.1, 0.15) is 5.75 Å². The zero-order valence-corrected chi connectivity index (χ0v) is 16.4. The minimum atomic E-state index is -0.625. The van der Waals surface area contributed by atoms with E-state index in [1.807, 2.05) is 0 Å². The Kier molecular flexibility index (Phi) is 7.58. The van der Waals surface area contributed by atoms with Gasteiger partial charge in [0.15, 0.2) is 5.16 Å². The van der Waals surface area contributed by atoms with E-state index >= 15 is 0 Å². The van der Waals surface area contributed by atoms with Crippen LogP contribution in [0.4, 0.5) is 11.4 Å². The Morgan fingerprint density at radius 1 is 1.46 bits per heavy atom. The molecule has 1 unspecified atom stereocenters. The third-order valence-electron chi connectivity index (χ3n) is 3.76. The van der Waals surface area contributed by atoms with E-state index in [1.54, 1.807) is 14.0 Å². The average Bonchev–Trinajstić information content (AvgIpc) is 3.01. The number of H-pyrrole nitrogens is 1. The van der Waals surface area contributed by atoms with Crippen molar-refractivity contribution in [2.45, 2.75) is 30.3 Å². The van der Waals surface area contributed by atoms with Gasteiger partial charge >= 0.3 is 5.69 Å². The fourth-order valence-corrected chi connectivity index (χ4v) is 3.19. The minimum Gasteiger partial charge on any atom is -0.495 e. The van der Waals surface area contributed by atoms with Crippen molar-refractivity contribution in [3.8, 4) is 5.75 Å². The first-order chi connectivity index (χ1) is 13.4. The Hall–Kier alpha value is -2.86. The molecule has 28 heavy (non-hydrogen) atoms. The minimum absolute atomic E-state index is 0.171. The topological polar surface area (TPSA) is 141 Å². The third-order valence-corrected chi connectivity index (χ3v) is 4.85. The van der Waals surface area contributed by atoms with E-state index in [2.05, 4.69) is 15.5 Å². The quantitative estimate of drug-likeness (QED) is 0.260. The van der Waals surface area contributed by atoms with Gasteiger partial charge in [0.25, 0.3) is 5.69 Å². The first-order valence-electron chi connectivity index (χ1n) is 8.31. The van der Waals surface area contributed by atoms with Crippen molar-refractivity contribution < 1.29 is 19.2 Å². The van der Waals surface area contributed by atoms with Crippen molar-refractivity contribution in [1.82, 2.24) is 14.8 Å². The highest BCUT2D eigenvalue weighted by molar-refractivity contribution is 8.00. The van der Waals surface area contributed by atoms with Crippen LogP contribution < -0.4 is 15.7 Å². The molecule has 0 fully saturated rings. The van der Waals surface area contributed by atoms with Gasteiger partial charge in [-0.05, 0) is 19.4 Å². The van der Waals surface area contributed by atoms with Gasteiger partial charge in [0, 0.05) is 32.4 Å². The molecule has 0 bridgehead atoms. The SMILES string of the molecule is COCCCn1c(SC(C)C(=O)Nc2cc([N+](=O)[O-])ccc2OC)n[nH]c1=O. The summed E-state index contributed by atoms with van der Waals surface area (Å²) in [6, 6.07) is 3.92. The van der Waals surface area contributed by atoms with Crippen molar-refractivity contribution in [2.24, 2.45) is 0 Å². The van der Waals surface area contributed by atoms with Crippen LogP contribution >= 0.6 is 11.8 Å². The number of benzene rings is 1. The summed E-state index contributed by atoms with van der Waals surface area (Å²) in [6.07, 6.45) is 0.620. The highest BCUT2D eigenvalue weighted by Gasteiger charge is 2.21. The van der Waals surface area contributed by atoms with Crippen molar-refractivity contribution in [2.75, 3.05) is 26.1 Å². The number of hydrogen-bond acceptors (Lipinski definition) is 8. The number of aromatic amines is 1. The number of nitro benzene ring substituents is 1. The maximum atomic E-state index is 12.5. The van der Waals surface area contributed by atoms with Crippen molar-refractivity contribution in [3.63, 3.8) is 0 Å². The Morgan fingerprint density at radius 2 is 2.21 bits per heavy atom. The highest BCUT2D eigenvalue weighted by Crippen LogP contribution is 2.30. The molecule has 0 saturated carbocycles. The number of carbonyl (C=O) groups is 1. The Labute approximate surface area is 164 Å². The predicted molar refractivity (Wildman–Crippen MR) is 103 cm³/mol. The predicted octanol–water partition coefficient (Wildman–Crippen LogP) is 1.64. The van der Waals surface area contributed by atoms with E-state index in [9.17, 15) is 19.7 Å². The summed E-state index contributed by atoms with van der Waals surface area (Å²) in [5.74, 6) is -0.116. The molecule has 0 aliphatic heterocycles. The second-order valence-corrected chi connectivity index (χ2v) is 7.01. The molecule has 0 saturated heterocycles. The molecule has 1 heterocycles. The van der Waals surface area contributed by atoms with E-state index < -0.39 is 16.1 Å². The van der Waals surface area contributed by atoms with Gasteiger partial charge in [0.2, 0.25) is 5.91 Å². The lowest BCUT2D eigenvalue weighted by Crippen LogP contribution is -2.24. The number of carbonyl (C=O) groups excluding carboxylic acids is 1. The Bertz CT molecular complexity index is 896. The number of nitro groups is 1. The molecule has 1 aromatic carbocycles. The molecule has 12 heteroatoms. The third kappa shape index (κ3) is 5.33. The molecule has 2 aromatic rings. The van der Waals surface area contributed by atoms with Crippen LogP contribution in [0.3, 0.4) is 0 Å². The number of aromatic nitrogens is 3. The van der Waals surface area contributed by atoms with Gasteiger partial charge in [-0.1, -0.05) is 11.8 Å². The molecule has 1 atom stereocenters. The maximum Gasteiger partial charge on any atom is 0.343 e. The number of nitrogens with one attached hydrogen (secondary N) is 2. The lowest BCUT2D eigenvalue weighted by atomic mass is 10.2. The molecule has 2 rings (SSSR count). The van der Waals surface area contributed by atoms with Crippen LogP contribution in [0.5, 0.6) is 5.75 Å². The number of anilines is 1. The van der Waals surface area contributed by atoms with Gasteiger partial charge < -0.3 is 14.8 Å². The number of methoxy groups -OCH3 is 2. The molecule has 11 nitrogen and oxygen atoms in total. The second kappa shape index (κ2) is 9.90. The molecule has 0 spiro atoms. The summed E-state index contributed by atoms with van der Waals surface area (Å²) in [7, 11) is 2.97. The smallest absolute Gasteiger partial charge is 0.343 e. The number of nitrogens with zero attached hydrogens (tertiary/aromatic N) is 3. The van der Waals surface area contributed by atoms with Crippen LogP contribution in [-0.4, -0.2) is 51.7 Å². The number of ether oxygens (including phenoxy) is 2. The average molecular weight is 411 g/mol. The van der Waals surface area contributed by atoms with Gasteiger partial charge in [-0.3, -0.25) is 19.5 Å². The van der Waals surface area contributed by atoms with Crippen LogP contribution in [-0.2, 0) is 16.1 Å². The summed E-state index contributed by atoms with van der Waals surface area (Å²) in [5, 5.41) is 19.6. The van der Waals surface area contributed by atoms with E-state index in [0.29, 0.717) is 30.5 Å².